The Balaban J connectivity index is 1.25. The molecule has 0 aliphatic carbocycles. The maximum atomic E-state index is 12.3. The molecule has 3 aromatic rings. The average molecular weight is 389 g/mol. The van der Waals surface area contributed by atoms with Crippen LogP contribution in [0.15, 0.2) is 72.8 Å². The van der Waals surface area contributed by atoms with E-state index >= 15 is 0 Å². The van der Waals surface area contributed by atoms with Crippen LogP contribution in [0.1, 0.15) is 16.7 Å². The zero-order valence-electron chi connectivity index (χ0n) is 16.1. The van der Waals surface area contributed by atoms with E-state index in [0.717, 1.165) is 28.2 Å². The lowest BCUT2D eigenvalue weighted by Gasteiger charge is -2.18. The van der Waals surface area contributed by atoms with Gasteiger partial charge in [0.05, 0.1) is 6.42 Å². The van der Waals surface area contributed by atoms with Crippen molar-refractivity contribution in [3.63, 3.8) is 0 Å². The van der Waals surface area contributed by atoms with Crippen molar-refractivity contribution in [1.29, 1.82) is 0 Å². The van der Waals surface area contributed by atoms with Crippen molar-refractivity contribution in [3.05, 3.63) is 89.5 Å². The van der Waals surface area contributed by atoms with Gasteiger partial charge in [0.15, 0.2) is 11.5 Å². The first-order valence-corrected chi connectivity index (χ1v) is 9.67. The molecule has 0 spiro atoms. The monoisotopic (exact) mass is 389 g/mol. The molecule has 0 saturated heterocycles. The molecule has 1 amide bonds. The molecule has 1 aliphatic rings. The van der Waals surface area contributed by atoms with Crippen molar-refractivity contribution in [3.8, 4) is 17.2 Å². The van der Waals surface area contributed by atoms with Crippen LogP contribution in [0.2, 0.25) is 0 Å². The second-order valence-electron chi connectivity index (χ2n) is 6.85. The highest BCUT2D eigenvalue weighted by Gasteiger charge is 2.13. The molecule has 0 atom stereocenters. The molecule has 0 fully saturated rings. The zero-order valence-corrected chi connectivity index (χ0v) is 16.1. The van der Waals surface area contributed by atoms with Crippen molar-refractivity contribution < 1.29 is 19.0 Å². The van der Waals surface area contributed by atoms with Gasteiger partial charge in [0.2, 0.25) is 5.91 Å². The van der Waals surface area contributed by atoms with Crippen molar-refractivity contribution in [2.45, 2.75) is 19.6 Å². The fourth-order valence-corrected chi connectivity index (χ4v) is 3.09. The van der Waals surface area contributed by atoms with E-state index in [1.807, 2.05) is 72.8 Å². The summed E-state index contributed by atoms with van der Waals surface area (Å²) < 4.78 is 16.9. The van der Waals surface area contributed by atoms with Gasteiger partial charge in [-0.05, 0) is 41.0 Å². The third kappa shape index (κ3) is 5.29. The minimum absolute atomic E-state index is 0.0360. The summed E-state index contributed by atoms with van der Waals surface area (Å²) in [5.74, 6) is 2.20. The summed E-state index contributed by atoms with van der Waals surface area (Å²) in [7, 11) is 0. The molecule has 1 N–H and O–H groups in total. The van der Waals surface area contributed by atoms with Gasteiger partial charge in [-0.1, -0.05) is 48.5 Å². The highest BCUT2D eigenvalue weighted by molar-refractivity contribution is 5.78. The fraction of sp³-hybridized carbons (Fsp3) is 0.208. The molecule has 4 rings (SSSR count). The van der Waals surface area contributed by atoms with E-state index in [2.05, 4.69) is 5.32 Å². The second kappa shape index (κ2) is 9.15. The molecule has 0 bridgehead atoms. The van der Waals surface area contributed by atoms with Crippen molar-refractivity contribution in [2.24, 2.45) is 0 Å². The quantitative estimate of drug-likeness (QED) is 0.666. The van der Waals surface area contributed by atoms with Crippen LogP contribution in [0, 0.1) is 0 Å². The molecule has 29 heavy (non-hydrogen) atoms. The molecule has 5 nitrogen and oxygen atoms in total. The van der Waals surface area contributed by atoms with Gasteiger partial charge < -0.3 is 19.5 Å². The van der Waals surface area contributed by atoms with Crippen molar-refractivity contribution in [2.75, 3.05) is 13.2 Å². The van der Waals surface area contributed by atoms with Crippen LogP contribution in [0.25, 0.3) is 0 Å². The molecule has 5 heteroatoms. The van der Waals surface area contributed by atoms with Crippen LogP contribution in [0.4, 0.5) is 0 Å². The zero-order chi connectivity index (χ0) is 19.9. The standard InChI is InChI=1S/C24H23NO4/c26-24(15-20-8-11-22-23(14-20)28-13-12-27-22)25-16-18-6-9-21(10-7-18)29-17-19-4-2-1-3-5-19/h1-11,14H,12-13,15-17H2,(H,25,26). The Labute approximate surface area is 170 Å². The molecular weight excluding hydrogens is 366 g/mol. The van der Waals surface area contributed by atoms with E-state index in [1.54, 1.807) is 0 Å². The lowest BCUT2D eigenvalue weighted by atomic mass is 10.1. The number of ether oxygens (including phenoxy) is 3. The maximum absolute atomic E-state index is 12.3. The van der Waals surface area contributed by atoms with Crippen LogP contribution in [-0.2, 0) is 24.4 Å². The van der Waals surface area contributed by atoms with Gasteiger partial charge in [0, 0.05) is 6.54 Å². The van der Waals surface area contributed by atoms with Gasteiger partial charge in [0.25, 0.3) is 0 Å². The molecule has 148 valence electrons. The number of carbonyl (C=O) groups is 1. The first-order valence-electron chi connectivity index (χ1n) is 9.67. The summed E-state index contributed by atoms with van der Waals surface area (Å²) in [6, 6.07) is 23.4. The maximum Gasteiger partial charge on any atom is 0.224 e. The number of fused-ring (bicyclic) bond motifs is 1. The Kier molecular flexibility index (Phi) is 5.95. The largest absolute Gasteiger partial charge is 0.489 e. The molecule has 0 aromatic heterocycles. The SMILES string of the molecule is O=C(Cc1ccc2c(c1)OCCO2)NCc1ccc(OCc2ccccc2)cc1. The predicted molar refractivity (Wildman–Crippen MR) is 110 cm³/mol. The summed E-state index contributed by atoms with van der Waals surface area (Å²) >= 11 is 0. The second-order valence-corrected chi connectivity index (χ2v) is 6.85. The molecule has 1 aliphatic heterocycles. The fourth-order valence-electron chi connectivity index (χ4n) is 3.09. The molecule has 3 aromatic carbocycles. The number of hydrogen-bond donors (Lipinski definition) is 1. The van der Waals surface area contributed by atoms with E-state index in [4.69, 9.17) is 14.2 Å². The van der Waals surface area contributed by atoms with Crippen LogP contribution >= 0.6 is 0 Å². The van der Waals surface area contributed by atoms with Crippen LogP contribution in [0.5, 0.6) is 17.2 Å². The van der Waals surface area contributed by atoms with Gasteiger partial charge in [-0.3, -0.25) is 4.79 Å². The van der Waals surface area contributed by atoms with E-state index in [1.165, 1.54) is 0 Å². The minimum Gasteiger partial charge on any atom is -0.489 e. The van der Waals surface area contributed by atoms with Gasteiger partial charge in [-0.25, -0.2) is 0 Å². The van der Waals surface area contributed by atoms with Crippen molar-refractivity contribution >= 4 is 5.91 Å². The molecule has 0 saturated carbocycles. The average Bonchev–Trinajstić information content (AvgIpc) is 2.77. The Bertz CT molecular complexity index is 954. The Morgan fingerprint density at radius 3 is 2.34 bits per heavy atom. The smallest absolute Gasteiger partial charge is 0.224 e. The van der Waals surface area contributed by atoms with E-state index < -0.39 is 0 Å². The highest BCUT2D eigenvalue weighted by atomic mass is 16.6. The molecule has 0 unspecified atom stereocenters. The van der Waals surface area contributed by atoms with Crippen molar-refractivity contribution in [1.82, 2.24) is 5.32 Å². The molecular formula is C24H23NO4. The first kappa shape index (κ1) is 18.9. The normalized spacial score (nSPS) is 12.3. The van der Waals surface area contributed by atoms with E-state index in [0.29, 0.717) is 38.5 Å². The van der Waals surface area contributed by atoms with Crippen LogP contribution in [0.3, 0.4) is 0 Å². The topological polar surface area (TPSA) is 56.8 Å². The number of rotatable bonds is 7. The number of benzene rings is 3. The summed E-state index contributed by atoms with van der Waals surface area (Å²) in [6.07, 6.45) is 0.301. The number of hydrogen-bond acceptors (Lipinski definition) is 4. The Hall–Kier alpha value is -3.47. The predicted octanol–water partition coefficient (Wildman–Crippen LogP) is 3.90. The van der Waals surface area contributed by atoms with Crippen LogP contribution < -0.4 is 19.5 Å². The summed E-state index contributed by atoms with van der Waals surface area (Å²) in [4.78, 5) is 12.3. The number of carbonyl (C=O) groups excluding carboxylic acids is 1. The van der Waals surface area contributed by atoms with Gasteiger partial charge in [-0.15, -0.1) is 0 Å². The van der Waals surface area contributed by atoms with Gasteiger partial charge in [0.1, 0.15) is 25.6 Å². The van der Waals surface area contributed by atoms with E-state index in [-0.39, 0.29) is 5.91 Å². The van der Waals surface area contributed by atoms with Crippen LogP contribution in [-0.4, -0.2) is 19.1 Å². The number of nitrogens with one attached hydrogen (secondary N) is 1. The highest BCUT2D eigenvalue weighted by Crippen LogP contribution is 2.30. The Morgan fingerprint density at radius 1 is 0.828 bits per heavy atom. The lowest BCUT2D eigenvalue weighted by molar-refractivity contribution is -0.120. The Morgan fingerprint density at radius 2 is 1.55 bits per heavy atom. The molecule has 0 radical (unpaired) electrons. The van der Waals surface area contributed by atoms with Gasteiger partial charge in [-0.2, -0.15) is 0 Å². The third-order valence-corrected chi connectivity index (χ3v) is 4.63. The third-order valence-electron chi connectivity index (χ3n) is 4.63. The summed E-state index contributed by atoms with van der Waals surface area (Å²) in [6.45, 7) is 2.10. The molecule has 1 heterocycles. The first-order chi connectivity index (χ1) is 14.3. The summed E-state index contributed by atoms with van der Waals surface area (Å²) in [5.41, 5.74) is 3.05. The van der Waals surface area contributed by atoms with E-state index in [9.17, 15) is 4.79 Å². The van der Waals surface area contributed by atoms with Gasteiger partial charge >= 0.3 is 0 Å². The minimum atomic E-state index is -0.0360. The summed E-state index contributed by atoms with van der Waals surface area (Å²) in [5, 5.41) is 2.95. The number of amides is 1. The lowest BCUT2D eigenvalue weighted by Crippen LogP contribution is -2.24.